The number of aromatic nitrogens is 3. The molecule has 3 heterocycles. The first-order valence-electron chi connectivity index (χ1n) is 8.88. The number of nitrogens with one attached hydrogen (secondary N) is 1. The number of amides is 2. The van der Waals surface area contributed by atoms with Crippen LogP contribution in [0, 0.1) is 19.8 Å². The van der Waals surface area contributed by atoms with Crippen LogP contribution < -0.4 is 0 Å². The summed E-state index contributed by atoms with van der Waals surface area (Å²) in [7, 11) is 1.80. The maximum atomic E-state index is 12.7. The van der Waals surface area contributed by atoms with Crippen LogP contribution in [0.5, 0.6) is 0 Å². The fraction of sp³-hybridized carbons (Fsp3) is 0.474. The van der Waals surface area contributed by atoms with Gasteiger partial charge in [0.05, 0.1) is 23.9 Å². The summed E-state index contributed by atoms with van der Waals surface area (Å²) in [5.74, 6) is -0.229. The van der Waals surface area contributed by atoms with E-state index >= 15 is 0 Å². The standard InChI is InChI=1S/C19H25N5O2/c1-13-17(14(2)22-21-13)7-9-23(3)19(26)15-10-18(25)24(11-15)12-16-6-4-5-8-20-16/h4-6,8,15H,7,9-12H2,1-3H3,(H,21,22)/t15-/m1/s1. The predicted molar refractivity (Wildman–Crippen MR) is 97.2 cm³/mol. The Bertz CT molecular complexity index is 767. The number of hydrogen-bond acceptors (Lipinski definition) is 4. The average molecular weight is 355 g/mol. The third-order valence-corrected chi connectivity index (χ3v) is 5.00. The minimum atomic E-state index is -0.275. The van der Waals surface area contributed by atoms with Gasteiger partial charge in [-0.25, -0.2) is 0 Å². The molecule has 1 atom stereocenters. The lowest BCUT2D eigenvalue weighted by molar-refractivity contribution is -0.134. The first-order chi connectivity index (χ1) is 12.5. The van der Waals surface area contributed by atoms with E-state index in [-0.39, 0.29) is 24.2 Å². The molecule has 7 heteroatoms. The Morgan fingerprint density at radius 1 is 1.38 bits per heavy atom. The Balaban J connectivity index is 1.55. The molecule has 1 aliphatic rings. The molecule has 0 aliphatic carbocycles. The Labute approximate surface area is 153 Å². The van der Waals surface area contributed by atoms with Crippen molar-refractivity contribution in [3.8, 4) is 0 Å². The van der Waals surface area contributed by atoms with Crippen molar-refractivity contribution in [2.24, 2.45) is 5.92 Å². The largest absolute Gasteiger partial charge is 0.345 e. The number of carbonyl (C=O) groups is 2. The molecule has 0 spiro atoms. The second kappa shape index (κ2) is 7.68. The molecular formula is C19H25N5O2. The Morgan fingerprint density at radius 2 is 2.19 bits per heavy atom. The summed E-state index contributed by atoms with van der Waals surface area (Å²) in [6.45, 7) is 5.49. The van der Waals surface area contributed by atoms with Crippen LogP contribution in [0.25, 0.3) is 0 Å². The lowest BCUT2D eigenvalue weighted by Crippen LogP contribution is -2.36. The van der Waals surface area contributed by atoms with Gasteiger partial charge < -0.3 is 9.80 Å². The number of likely N-dealkylation sites (N-methyl/N-ethyl adjacent to an activating group) is 1. The van der Waals surface area contributed by atoms with Gasteiger partial charge in [-0.05, 0) is 38.0 Å². The molecule has 0 bridgehead atoms. The number of carbonyl (C=O) groups excluding carboxylic acids is 2. The Morgan fingerprint density at radius 3 is 2.85 bits per heavy atom. The van der Waals surface area contributed by atoms with Crippen LogP contribution in [-0.2, 0) is 22.6 Å². The van der Waals surface area contributed by atoms with E-state index in [9.17, 15) is 9.59 Å². The summed E-state index contributed by atoms with van der Waals surface area (Å²) in [6, 6.07) is 5.64. The van der Waals surface area contributed by atoms with E-state index < -0.39 is 0 Å². The van der Waals surface area contributed by atoms with Crippen molar-refractivity contribution in [1.82, 2.24) is 25.0 Å². The van der Waals surface area contributed by atoms with Gasteiger partial charge in [-0.2, -0.15) is 5.10 Å². The van der Waals surface area contributed by atoms with Crippen molar-refractivity contribution in [3.63, 3.8) is 0 Å². The molecular weight excluding hydrogens is 330 g/mol. The summed E-state index contributed by atoms with van der Waals surface area (Å²) in [5, 5.41) is 7.16. The van der Waals surface area contributed by atoms with Gasteiger partial charge in [-0.15, -0.1) is 0 Å². The molecule has 2 amide bonds. The predicted octanol–water partition coefficient (Wildman–Crippen LogP) is 1.47. The van der Waals surface area contributed by atoms with Crippen molar-refractivity contribution in [1.29, 1.82) is 0 Å². The summed E-state index contributed by atoms with van der Waals surface area (Å²) in [4.78, 5) is 32.7. The van der Waals surface area contributed by atoms with E-state index in [4.69, 9.17) is 0 Å². The van der Waals surface area contributed by atoms with Crippen molar-refractivity contribution in [2.75, 3.05) is 20.1 Å². The van der Waals surface area contributed by atoms with Gasteiger partial charge in [0.15, 0.2) is 0 Å². The van der Waals surface area contributed by atoms with Gasteiger partial charge >= 0.3 is 0 Å². The van der Waals surface area contributed by atoms with Crippen LogP contribution in [-0.4, -0.2) is 56.9 Å². The second-order valence-electron chi connectivity index (χ2n) is 6.92. The molecule has 1 fully saturated rings. The summed E-state index contributed by atoms with van der Waals surface area (Å²) >= 11 is 0. The zero-order valence-corrected chi connectivity index (χ0v) is 15.5. The summed E-state index contributed by atoms with van der Waals surface area (Å²) < 4.78 is 0. The van der Waals surface area contributed by atoms with Gasteiger partial charge in [-0.1, -0.05) is 6.07 Å². The van der Waals surface area contributed by atoms with E-state index in [0.29, 0.717) is 19.6 Å². The number of nitrogens with zero attached hydrogens (tertiary/aromatic N) is 4. The molecule has 0 unspecified atom stereocenters. The van der Waals surface area contributed by atoms with Gasteiger partial charge in [0, 0.05) is 38.4 Å². The van der Waals surface area contributed by atoms with Crippen molar-refractivity contribution in [2.45, 2.75) is 33.2 Å². The van der Waals surface area contributed by atoms with E-state index in [1.54, 1.807) is 23.0 Å². The molecule has 2 aromatic rings. The Kier molecular flexibility index (Phi) is 5.35. The highest BCUT2D eigenvalue weighted by Gasteiger charge is 2.35. The number of aromatic amines is 1. The maximum absolute atomic E-state index is 12.7. The van der Waals surface area contributed by atoms with E-state index in [0.717, 1.165) is 29.1 Å². The molecule has 1 aliphatic heterocycles. The third kappa shape index (κ3) is 3.92. The van der Waals surface area contributed by atoms with Gasteiger partial charge in [0.1, 0.15) is 0 Å². The Hall–Kier alpha value is -2.70. The molecule has 3 rings (SSSR count). The quantitative estimate of drug-likeness (QED) is 0.851. The van der Waals surface area contributed by atoms with Crippen molar-refractivity contribution < 1.29 is 9.59 Å². The summed E-state index contributed by atoms with van der Waals surface area (Å²) in [6.07, 6.45) is 2.75. The molecule has 1 N–H and O–H groups in total. The lowest BCUT2D eigenvalue weighted by atomic mass is 10.1. The van der Waals surface area contributed by atoms with E-state index in [2.05, 4.69) is 15.2 Å². The van der Waals surface area contributed by atoms with Crippen molar-refractivity contribution in [3.05, 3.63) is 47.0 Å². The minimum absolute atomic E-state index is 0.0175. The number of aryl methyl sites for hydroxylation is 2. The first-order valence-corrected chi connectivity index (χ1v) is 8.88. The van der Waals surface area contributed by atoms with Crippen LogP contribution in [0.3, 0.4) is 0 Å². The van der Waals surface area contributed by atoms with Crippen molar-refractivity contribution >= 4 is 11.8 Å². The zero-order valence-electron chi connectivity index (χ0n) is 15.5. The van der Waals surface area contributed by atoms with Gasteiger partial charge in [0.25, 0.3) is 0 Å². The molecule has 26 heavy (non-hydrogen) atoms. The highest BCUT2D eigenvalue weighted by molar-refractivity contribution is 5.89. The van der Waals surface area contributed by atoms with E-state index in [1.165, 1.54) is 0 Å². The van der Waals surface area contributed by atoms with Crippen LogP contribution in [0.2, 0.25) is 0 Å². The molecule has 1 saturated heterocycles. The molecule has 2 aromatic heterocycles. The SMILES string of the molecule is Cc1n[nH]c(C)c1CCN(C)C(=O)[C@@H]1CC(=O)N(Cc2ccccn2)C1. The zero-order chi connectivity index (χ0) is 18.7. The van der Waals surface area contributed by atoms with Crippen LogP contribution in [0.15, 0.2) is 24.4 Å². The minimum Gasteiger partial charge on any atom is -0.345 e. The normalized spacial score (nSPS) is 17.0. The molecule has 0 radical (unpaired) electrons. The highest BCUT2D eigenvalue weighted by atomic mass is 16.2. The maximum Gasteiger partial charge on any atom is 0.227 e. The van der Waals surface area contributed by atoms with Crippen LogP contribution >= 0.6 is 0 Å². The van der Waals surface area contributed by atoms with Gasteiger partial charge in [-0.3, -0.25) is 19.7 Å². The summed E-state index contributed by atoms with van der Waals surface area (Å²) in [5.41, 5.74) is 4.01. The smallest absolute Gasteiger partial charge is 0.227 e. The lowest BCUT2D eigenvalue weighted by Gasteiger charge is -2.21. The van der Waals surface area contributed by atoms with E-state index in [1.807, 2.05) is 32.0 Å². The molecule has 0 saturated carbocycles. The van der Waals surface area contributed by atoms with Gasteiger partial charge in [0.2, 0.25) is 11.8 Å². The molecule has 138 valence electrons. The third-order valence-electron chi connectivity index (χ3n) is 5.00. The topological polar surface area (TPSA) is 82.2 Å². The van der Waals surface area contributed by atoms with Crippen LogP contribution in [0.1, 0.15) is 29.1 Å². The highest BCUT2D eigenvalue weighted by Crippen LogP contribution is 2.22. The number of rotatable bonds is 6. The molecule has 0 aromatic carbocycles. The number of likely N-dealkylation sites (tertiary alicyclic amines) is 1. The number of H-pyrrole nitrogens is 1. The number of hydrogen-bond donors (Lipinski definition) is 1. The monoisotopic (exact) mass is 355 g/mol. The van der Waals surface area contributed by atoms with Crippen LogP contribution in [0.4, 0.5) is 0 Å². The fourth-order valence-corrected chi connectivity index (χ4v) is 3.42. The number of pyridine rings is 1. The second-order valence-corrected chi connectivity index (χ2v) is 6.92. The fourth-order valence-electron chi connectivity index (χ4n) is 3.42. The molecule has 7 nitrogen and oxygen atoms in total. The average Bonchev–Trinajstić information content (AvgIpc) is 3.15. The first kappa shape index (κ1) is 18.1.